The third kappa shape index (κ3) is 3.30. The molecule has 0 atom stereocenters. The molecule has 1 amide bonds. The Kier molecular flexibility index (Phi) is 4.99. The molecule has 0 aromatic carbocycles. The molecule has 1 aliphatic rings. The van der Waals surface area contributed by atoms with Gasteiger partial charge < -0.3 is 10.2 Å². The smallest absolute Gasteiger partial charge is 0.255 e. The molecule has 20 heavy (non-hydrogen) atoms. The number of nitrogens with one attached hydrogen (secondary N) is 1. The van der Waals surface area contributed by atoms with E-state index in [1.54, 1.807) is 6.20 Å². The molecule has 1 fully saturated rings. The van der Waals surface area contributed by atoms with Crippen LogP contribution in [0.25, 0.3) is 0 Å². The monoisotopic (exact) mass is 275 g/mol. The lowest BCUT2D eigenvalue weighted by molar-refractivity contribution is 0.0674. The van der Waals surface area contributed by atoms with Crippen LogP contribution in [0.1, 0.15) is 49.4 Å². The van der Waals surface area contributed by atoms with Crippen molar-refractivity contribution in [3.63, 3.8) is 0 Å². The van der Waals surface area contributed by atoms with Gasteiger partial charge in [0.05, 0.1) is 5.56 Å². The quantitative estimate of drug-likeness (QED) is 0.918. The average molecular weight is 275 g/mol. The van der Waals surface area contributed by atoms with Crippen LogP contribution in [0.15, 0.2) is 18.3 Å². The molecule has 1 aromatic rings. The highest BCUT2D eigenvalue weighted by atomic mass is 16.2. The van der Waals surface area contributed by atoms with Gasteiger partial charge in [0.25, 0.3) is 5.91 Å². The van der Waals surface area contributed by atoms with Crippen LogP contribution in [0.5, 0.6) is 0 Å². The molecule has 1 saturated carbocycles. The number of nitrogens with zero attached hydrogens (tertiary/aromatic N) is 2. The van der Waals surface area contributed by atoms with Crippen molar-refractivity contribution < 1.29 is 4.79 Å². The lowest BCUT2D eigenvalue weighted by atomic mass is 9.84. The third-order valence-electron chi connectivity index (χ3n) is 4.53. The van der Waals surface area contributed by atoms with Gasteiger partial charge in [-0.05, 0) is 43.7 Å². The largest absolute Gasteiger partial charge is 0.373 e. The first-order chi connectivity index (χ1) is 9.65. The molecule has 110 valence electrons. The maximum absolute atomic E-state index is 12.5. The second-order valence-corrected chi connectivity index (χ2v) is 5.68. The van der Waals surface area contributed by atoms with Gasteiger partial charge in [-0.25, -0.2) is 4.98 Å². The molecule has 1 aliphatic carbocycles. The highest BCUT2D eigenvalue weighted by Crippen LogP contribution is 2.29. The standard InChI is InChI=1S/C16H25N3O/c1-4-12-5-8-14(9-6-12)19(3)16(20)13-7-10-15(17-2)18-11-13/h7,10-12,14H,4-6,8-9H2,1-3H3,(H,17,18). The Morgan fingerprint density at radius 2 is 2.05 bits per heavy atom. The van der Waals surface area contributed by atoms with E-state index >= 15 is 0 Å². The summed E-state index contributed by atoms with van der Waals surface area (Å²) in [6.45, 7) is 2.26. The minimum Gasteiger partial charge on any atom is -0.373 e. The zero-order chi connectivity index (χ0) is 14.5. The van der Waals surface area contributed by atoms with Gasteiger partial charge >= 0.3 is 0 Å². The maximum atomic E-state index is 12.5. The number of carbonyl (C=O) groups excluding carboxylic acids is 1. The van der Waals surface area contributed by atoms with Crippen molar-refractivity contribution in [3.8, 4) is 0 Å². The van der Waals surface area contributed by atoms with Crippen molar-refractivity contribution in [1.29, 1.82) is 0 Å². The minimum atomic E-state index is 0.0834. The van der Waals surface area contributed by atoms with Crippen LogP contribution in [-0.2, 0) is 0 Å². The predicted molar refractivity (Wildman–Crippen MR) is 81.9 cm³/mol. The van der Waals surface area contributed by atoms with Crippen LogP contribution < -0.4 is 5.32 Å². The van der Waals surface area contributed by atoms with Crippen LogP contribution in [0.4, 0.5) is 5.82 Å². The first kappa shape index (κ1) is 14.8. The molecule has 2 rings (SSSR count). The summed E-state index contributed by atoms with van der Waals surface area (Å²) < 4.78 is 0. The number of pyridine rings is 1. The Bertz CT molecular complexity index is 436. The van der Waals surface area contributed by atoms with Gasteiger partial charge in [0.15, 0.2) is 0 Å². The van der Waals surface area contributed by atoms with Crippen LogP contribution >= 0.6 is 0 Å². The summed E-state index contributed by atoms with van der Waals surface area (Å²) in [6.07, 6.45) is 7.67. The fourth-order valence-electron chi connectivity index (χ4n) is 2.98. The van der Waals surface area contributed by atoms with Crippen LogP contribution in [-0.4, -0.2) is 35.9 Å². The van der Waals surface area contributed by atoms with Gasteiger partial charge in [-0.2, -0.15) is 0 Å². The summed E-state index contributed by atoms with van der Waals surface area (Å²) >= 11 is 0. The Morgan fingerprint density at radius 3 is 2.55 bits per heavy atom. The van der Waals surface area contributed by atoms with E-state index in [9.17, 15) is 4.79 Å². The topological polar surface area (TPSA) is 45.2 Å². The molecular weight excluding hydrogens is 250 g/mol. The summed E-state index contributed by atoms with van der Waals surface area (Å²) in [5.41, 5.74) is 0.670. The molecule has 0 spiro atoms. The highest BCUT2D eigenvalue weighted by molar-refractivity contribution is 5.94. The second-order valence-electron chi connectivity index (χ2n) is 5.68. The molecular formula is C16H25N3O. The predicted octanol–water partition coefficient (Wildman–Crippen LogP) is 3.16. The van der Waals surface area contributed by atoms with E-state index in [2.05, 4.69) is 17.2 Å². The molecule has 1 heterocycles. The molecule has 0 radical (unpaired) electrons. The number of amides is 1. The molecule has 0 aliphatic heterocycles. The first-order valence-corrected chi connectivity index (χ1v) is 7.56. The van der Waals surface area contributed by atoms with Crippen LogP contribution in [0.3, 0.4) is 0 Å². The summed E-state index contributed by atoms with van der Waals surface area (Å²) in [7, 11) is 3.74. The van der Waals surface area contributed by atoms with Crippen molar-refractivity contribution in [3.05, 3.63) is 23.9 Å². The van der Waals surface area contributed by atoms with Gasteiger partial charge in [0.1, 0.15) is 5.82 Å². The lowest BCUT2D eigenvalue weighted by Crippen LogP contribution is -2.39. The van der Waals surface area contributed by atoms with Gasteiger partial charge in [0, 0.05) is 26.3 Å². The average Bonchev–Trinajstić information content (AvgIpc) is 2.53. The Hall–Kier alpha value is -1.58. The zero-order valence-corrected chi connectivity index (χ0v) is 12.7. The summed E-state index contributed by atoms with van der Waals surface area (Å²) in [5, 5.41) is 2.96. The van der Waals surface area contributed by atoms with E-state index in [0.29, 0.717) is 11.6 Å². The van der Waals surface area contributed by atoms with Crippen molar-refractivity contribution in [2.75, 3.05) is 19.4 Å². The zero-order valence-electron chi connectivity index (χ0n) is 12.7. The number of carbonyl (C=O) groups is 1. The van der Waals surface area contributed by atoms with Gasteiger partial charge in [-0.1, -0.05) is 13.3 Å². The Labute approximate surface area is 121 Å². The number of rotatable bonds is 4. The van der Waals surface area contributed by atoms with Gasteiger partial charge in [0.2, 0.25) is 0 Å². The Balaban J connectivity index is 1.97. The molecule has 1 N–H and O–H groups in total. The maximum Gasteiger partial charge on any atom is 0.255 e. The molecule has 4 nitrogen and oxygen atoms in total. The summed E-state index contributed by atoms with van der Waals surface area (Å²) in [5.74, 6) is 1.72. The minimum absolute atomic E-state index is 0.0834. The van der Waals surface area contributed by atoms with Gasteiger partial charge in [-0.15, -0.1) is 0 Å². The van der Waals surface area contributed by atoms with Crippen molar-refractivity contribution in [2.24, 2.45) is 5.92 Å². The van der Waals surface area contributed by atoms with E-state index in [0.717, 1.165) is 24.6 Å². The molecule has 4 heteroatoms. The number of aromatic nitrogens is 1. The van der Waals surface area contributed by atoms with E-state index in [4.69, 9.17) is 0 Å². The highest BCUT2D eigenvalue weighted by Gasteiger charge is 2.26. The van der Waals surface area contributed by atoms with Crippen molar-refractivity contribution in [2.45, 2.75) is 45.1 Å². The second kappa shape index (κ2) is 6.73. The normalized spacial score (nSPS) is 22.4. The number of hydrogen-bond donors (Lipinski definition) is 1. The van der Waals surface area contributed by atoms with Crippen LogP contribution in [0, 0.1) is 5.92 Å². The van der Waals surface area contributed by atoms with E-state index in [1.807, 2.05) is 31.1 Å². The van der Waals surface area contributed by atoms with E-state index in [-0.39, 0.29) is 5.91 Å². The third-order valence-corrected chi connectivity index (χ3v) is 4.53. The molecule has 1 aromatic heterocycles. The van der Waals surface area contributed by atoms with Crippen molar-refractivity contribution >= 4 is 11.7 Å². The molecule has 0 unspecified atom stereocenters. The lowest BCUT2D eigenvalue weighted by Gasteiger charge is -2.34. The summed E-state index contributed by atoms with van der Waals surface area (Å²) in [4.78, 5) is 18.6. The van der Waals surface area contributed by atoms with Crippen molar-refractivity contribution in [1.82, 2.24) is 9.88 Å². The number of anilines is 1. The van der Waals surface area contributed by atoms with E-state index < -0.39 is 0 Å². The Morgan fingerprint density at radius 1 is 1.35 bits per heavy atom. The molecule has 0 saturated heterocycles. The fraction of sp³-hybridized carbons (Fsp3) is 0.625. The van der Waals surface area contributed by atoms with Gasteiger partial charge in [-0.3, -0.25) is 4.79 Å². The van der Waals surface area contributed by atoms with E-state index in [1.165, 1.54) is 19.3 Å². The number of hydrogen-bond acceptors (Lipinski definition) is 3. The fourth-order valence-corrected chi connectivity index (χ4v) is 2.98. The van der Waals surface area contributed by atoms with Crippen LogP contribution in [0.2, 0.25) is 0 Å². The first-order valence-electron chi connectivity index (χ1n) is 7.56. The SMILES string of the molecule is CCC1CCC(N(C)C(=O)c2ccc(NC)nc2)CC1. The molecule has 0 bridgehead atoms. The summed E-state index contributed by atoms with van der Waals surface area (Å²) in [6, 6.07) is 4.07.